The molecule has 9 rings (SSSR count). The molecule has 0 saturated heterocycles. The molecule has 0 unspecified atom stereocenters. The summed E-state index contributed by atoms with van der Waals surface area (Å²) in [5, 5.41) is 22.4. The van der Waals surface area contributed by atoms with Crippen LogP contribution in [0.25, 0.3) is 66.1 Å². The first kappa shape index (κ1) is 29.7. The van der Waals surface area contributed by atoms with Crippen molar-refractivity contribution in [3.63, 3.8) is 0 Å². The van der Waals surface area contributed by atoms with E-state index in [9.17, 15) is 15.3 Å². The Bertz CT molecular complexity index is 2930. The van der Waals surface area contributed by atoms with Gasteiger partial charge in [0.05, 0.1) is 34.0 Å². The lowest BCUT2D eigenvalue weighted by Gasteiger charge is -2.25. The Labute approximate surface area is 291 Å². The van der Waals surface area contributed by atoms with Gasteiger partial charge in [0.25, 0.3) is 0 Å². The smallest absolute Gasteiger partial charge is 0.200 e. The van der Waals surface area contributed by atoms with Crippen LogP contribution in [0, 0.1) is 22.7 Å². The topological polar surface area (TPSA) is 94.2 Å². The fourth-order valence-corrected chi connectivity index (χ4v) is 6.98. The number of hydrogen-bond donors (Lipinski definition) is 0. The molecule has 238 valence electrons. The molecule has 0 aliphatic carbocycles. The third kappa shape index (κ3) is 4.91. The highest BCUT2D eigenvalue weighted by Gasteiger charge is 2.20. The van der Waals surface area contributed by atoms with Crippen molar-refractivity contribution < 1.29 is 8.83 Å². The van der Waals surface area contributed by atoms with Crippen LogP contribution in [-0.2, 0) is 0 Å². The molecule has 6 nitrogen and oxygen atoms in total. The van der Waals surface area contributed by atoms with Gasteiger partial charge in [-0.05, 0) is 77.9 Å². The van der Waals surface area contributed by atoms with Crippen LogP contribution in [0.3, 0.4) is 0 Å². The molecule has 0 bridgehead atoms. The summed E-state index contributed by atoms with van der Waals surface area (Å²) in [5.74, 6) is 0. The second-order valence-electron chi connectivity index (χ2n) is 12.3. The average molecular weight is 656 g/mol. The summed E-state index contributed by atoms with van der Waals surface area (Å²) in [6.07, 6.45) is 0. The standard InChI is InChI=1S/C45H25N3O3/c46-26-28-11-7-9-17-33(28)36-22-39-42(24-37(36)34-18-10-8-12-29(34)27-47)51-44-25-43-38(23-40(44)45(39)49)35-20-19-32(21-41(35)50-43)48(30-13-3-1-4-14-30)31-15-5-2-6-16-31/h1-25H. The molecular formula is C45H25N3O3. The van der Waals surface area contributed by atoms with E-state index in [4.69, 9.17) is 8.83 Å². The molecule has 6 heteroatoms. The Kier molecular flexibility index (Phi) is 6.95. The third-order valence-corrected chi connectivity index (χ3v) is 9.35. The zero-order valence-electron chi connectivity index (χ0n) is 27.0. The van der Waals surface area contributed by atoms with E-state index >= 15 is 0 Å². The number of fused-ring (bicyclic) bond motifs is 5. The quantitative estimate of drug-likeness (QED) is 0.171. The Morgan fingerprint density at radius 2 is 0.902 bits per heavy atom. The van der Waals surface area contributed by atoms with Crippen LogP contribution in [0.4, 0.5) is 17.1 Å². The molecular weight excluding hydrogens is 631 g/mol. The van der Waals surface area contributed by atoms with Crippen LogP contribution in [0.5, 0.6) is 0 Å². The van der Waals surface area contributed by atoms with Gasteiger partial charge in [0, 0.05) is 51.1 Å². The van der Waals surface area contributed by atoms with Crippen molar-refractivity contribution in [2.75, 3.05) is 4.90 Å². The van der Waals surface area contributed by atoms with Crippen LogP contribution >= 0.6 is 0 Å². The fraction of sp³-hybridized carbons (Fsp3) is 0. The van der Waals surface area contributed by atoms with Gasteiger partial charge < -0.3 is 13.7 Å². The maximum absolute atomic E-state index is 14.3. The van der Waals surface area contributed by atoms with Crippen LogP contribution in [-0.4, -0.2) is 0 Å². The summed E-state index contributed by atoms with van der Waals surface area (Å²) in [7, 11) is 0. The molecule has 0 spiro atoms. The van der Waals surface area contributed by atoms with Crippen LogP contribution in [0.1, 0.15) is 11.1 Å². The predicted molar refractivity (Wildman–Crippen MR) is 202 cm³/mol. The molecule has 0 aliphatic heterocycles. The number of nitrogens with zero attached hydrogens (tertiary/aromatic N) is 3. The summed E-state index contributed by atoms with van der Waals surface area (Å²) in [5.41, 5.74) is 8.40. The first-order valence-corrected chi connectivity index (χ1v) is 16.4. The molecule has 7 aromatic carbocycles. The molecule has 0 N–H and O–H groups in total. The maximum atomic E-state index is 14.3. The van der Waals surface area contributed by atoms with Crippen molar-refractivity contribution in [2.24, 2.45) is 0 Å². The zero-order valence-corrected chi connectivity index (χ0v) is 27.0. The number of para-hydroxylation sites is 2. The first-order valence-electron chi connectivity index (χ1n) is 16.4. The number of nitriles is 2. The highest BCUT2D eigenvalue weighted by molar-refractivity contribution is 6.11. The molecule has 51 heavy (non-hydrogen) atoms. The molecule has 0 aliphatic rings. The number of benzene rings is 7. The normalized spacial score (nSPS) is 11.2. The lowest BCUT2D eigenvalue weighted by molar-refractivity contribution is 0.651. The van der Waals surface area contributed by atoms with Crippen LogP contribution in [0.15, 0.2) is 165 Å². The van der Waals surface area contributed by atoms with Crippen molar-refractivity contribution in [3.8, 4) is 34.4 Å². The lowest BCUT2D eigenvalue weighted by Crippen LogP contribution is -2.09. The Morgan fingerprint density at radius 1 is 0.412 bits per heavy atom. The minimum Gasteiger partial charge on any atom is -0.456 e. The van der Waals surface area contributed by atoms with E-state index in [-0.39, 0.29) is 5.43 Å². The van der Waals surface area contributed by atoms with Crippen molar-refractivity contribution >= 4 is 60.9 Å². The monoisotopic (exact) mass is 655 g/mol. The fourth-order valence-electron chi connectivity index (χ4n) is 6.98. The number of hydrogen-bond acceptors (Lipinski definition) is 6. The van der Waals surface area contributed by atoms with E-state index in [0.717, 1.165) is 27.8 Å². The van der Waals surface area contributed by atoms with E-state index in [2.05, 4.69) is 47.4 Å². The Balaban J connectivity index is 1.26. The van der Waals surface area contributed by atoms with E-state index in [1.165, 1.54) is 0 Å². The molecule has 0 fully saturated rings. The van der Waals surface area contributed by atoms with Gasteiger partial charge >= 0.3 is 0 Å². The van der Waals surface area contributed by atoms with E-state index < -0.39 is 0 Å². The molecule has 9 aromatic rings. The minimum absolute atomic E-state index is 0.200. The first-order chi connectivity index (χ1) is 25.1. The van der Waals surface area contributed by atoms with Crippen molar-refractivity contribution in [3.05, 3.63) is 173 Å². The van der Waals surface area contributed by atoms with E-state index in [1.54, 1.807) is 36.4 Å². The molecule has 0 atom stereocenters. The van der Waals surface area contributed by atoms with Crippen molar-refractivity contribution in [1.82, 2.24) is 0 Å². The van der Waals surface area contributed by atoms with Crippen molar-refractivity contribution in [2.45, 2.75) is 0 Å². The maximum Gasteiger partial charge on any atom is 0.200 e. The number of anilines is 3. The summed E-state index contributed by atoms with van der Waals surface area (Å²) < 4.78 is 12.9. The van der Waals surface area contributed by atoms with Gasteiger partial charge in [-0.3, -0.25) is 4.79 Å². The second kappa shape index (κ2) is 11.9. The van der Waals surface area contributed by atoms with Crippen LogP contribution in [0.2, 0.25) is 0 Å². The Morgan fingerprint density at radius 3 is 1.51 bits per heavy atom. The largest absolute Gasteiger partial charge is 0.456 e. The minimum atomic E-state index is -0.200. The molecule has 2 aromatic heterocycles. The van der Waals surface area contributed by atoms with Gasteiger partial charge in [-0.25, -0.2) is 0 Å². The zero-order chi connectivity index (χ0) is 34.5. The summed E-state index contributed by atoms with van der Waals surface area (Å²) in [4.78, 5) is 16.5. The molecule has 0 saturated carbocycles. The summed E-state index contributed by atoms with van der Waals surface area (Å²) in [6, 6.07) is 52.7. The van der Waals surface area contributed by atoms with Gasteiger partial charge in [0.1, 0.15) is 22.3 Å². The molecule has 0 radical (unpaired) electrons. The molecule has 0 amide bonds. The number of rotatable bonds is 5. The SMILES string of the molecule is N#Cc1ccccc1-c1cc2oc3cc4oc5cc(N(c6ccccc6)c6ccccc6)ccc5c4cc3c(=O)c2cc1-c1ccccc1C#N. The Hall–Kier alpha value is -7.41. The van der Waals surface area contributed by atoms with Gasteiger partial charge in [0.15, 0.2) is 0 Å². The summed E-state index contributed by atoms with van der Waals surface area (Å²) in [6.45, 7) is 0. The van der Waals surface area contributed by atoms with Crippen LogP contribution < -0.4 is 10.3 Å². The summed E-state index contributed by atoms with van der Waals surface area (Å²) >= 11 is 0. The number of furan rings is 1. The molecule has 2 heterocycles. The predicted octanol–water partition coefficient (Wildman–Crippen LogP) is 11.4. The highest BCUT2D eigenvalue weighted by Crippen LogP contribution is 2.41. The van der Waals surface area contributed by atoms with Crippen molar-refractivity contribution in [1.29, 1.82) is 10.5 Å². The average Bonchev–Trinajstić information content (AvgIpc) is 3.54. The van der Waals surface area contributed by atoms with Gasteiger partial charge in [-0.2, -0.15) is 10.5 Å². The van der Waals surface area contributed by atoms with E-state index in [0.29, 0.717) is 66.5 Å². The third-order valence-electron chi connectivity index (χ3n) is 9.35. The lowest BCUT2D eigenvalue weighted by atomic mass is 9.89. The van der Waals surface area contributed by atoms with E-state index in [1.807, 2.05) is 84.9 Å². The van der Waals surface area contributed by atoms with Gasteiger partial charge in [0.2, 0.25) is 5.43 Å². The highest BCUT2D eigenvalue weighted by atomic mass is 16.3. The second-order valence-corrected chi connectivity index (χ2v) is 12.3. The van der Waals surface area contributed by atoms with Gasteiger partial charge in [-0.15, -0.1) is 0 Å². The van der Waals surface area contributed by atoms with Gasteiger partial charge in [-0.1, -0.05) is 72.8 Å².